The summed E-state index contributed by atoms with van der Waals surface area (Å²) >= 11 is 0. The van der Waals surface area contributed by atoms with E-state index < -0.39 is 0 Å². The van der Waals surface area contributed by atoms with Crippen LogP contribution in [0.1, 0.15) is 36.2 Å². The summed E-state index contributed by atoms with van der Waals surface area (Å²) in [6.07, 6.45) is 1.77. The number of rotatable bonds is 4. The maximum Gasteiger partial charge on any atom is 0.322 e. The van der Waals surface area contributed by atoms with Crippen LogP contribution >= 0.6 is 0 Å². The van der Waals surface area contributed by atoms with E-state index in [0.717, 1.165) is 18.5 Å². The molecule has 0 saturated carbocycles. The molecular weight excluding hydrogens is 378 g/mol. The van der Waals surface area contributed by atoms with Gasteiger partial charge in [0.25, 0.3) is 5.91 Å². The van der Waals surface area contributed by atoms with Crippen LogP contribution < -0.4 is 10.2 Å². The lowest BCUT2D eigenvalue weighted by Gasteiger charge is -2.36. The van der Waals surface area contributed by atoms with Crippen molar-refractivity contribution < 1.29 is 14.3 Å². The predicted molar refractivity (Wildman–Crippen MR) is 118 cm³/mol. The van der Waals surface area contributed by atoms with Crippen LogP contribution in [0.5, 0.6) is 0 Å². The van der Waals surface area contributed by atoms with Gasteiger partial charge in [-0.05, 0) is 48.6 Å². The third kappa shape index (κ3) is 4.33. The highest BCUT2D eigenvalue weighted by molar-refractivity contribution is 6.08. The lowest BCUT2D eigenvalue weighted by Crippen LogP contribution is -2.50. The zero-order chi connectivity index (χ0) is 21.1. The van der Waals surface area contributed by atoms with Gasteiger partial charge in [-0.15, -0.1) is 0 Å². The van der Waals surface area contributed by atoms with E-state index in [1.54, 1.807) is 12.1 Å². The second-order valence-corrected chi connectivity index (χ2v) is 8.40. The Bertz CT molecular complexity index is 927. The largest absolute Gasteiger partial charge is 0.377 e. The van der Waals surface area contributed by atoms with Crippen LogP contribution in [0.3, 0.4) is 0 Å². The Kier molecular flexibility index (Phi) is 6.04. The zero-order valence-corrected chi connectivity index (χ0v) is 17.6. The number of benzene rings is 2. The van der Waals surface area contributed by atoms with Crippen molar-refractivity contribution in [3.63, 3.8) is 0 Å². The Morgan fingerprint density at radius 1 is 1.13 bits per heavy atom. The zero-order valence-electron chi connectivity index (χ0n) is 17.6. The lowest BCUT2D eigenvalue weighted by atomic mass is 10.0. The minimum atomic E-state index is -0.139. The van der Waals surface area contributed by atoms with Gasteiger partial charge in [-0.2, -0.15) is 0 Å². The van der Waals surface area contributed by atoms with Gasteiger partial charge in [-0.1, -0.05) is 38.1 Å². The number of carbonyl (C=O) groups excluding carboxylic acids is 2. The Balaban J connectivity index is 1.47. The Hall–Kier alpha value is -2.86. The first-order valence-electron chi connectivity index (χ1n) is 10.7. The van der Waals surface area contributed by atoms with Crippen molar-refractivity contribution in [1.82, 2.24) is 4.90 Å². The molecule has 158 valence electrons. The van der Waals surface area contributed by atoms with Crippen LogP contribution in [-0.4, -0.2) is 49.2 Å². The van der Waals surface area contributed by atoms with Gasteiger partial charge in [0.05, 0.1) is 19.3 Å². The van der Waals surface area contributed by atoms with Crippen molar-refractivity contribution in [3.05, 3.63) is 59.7 Å². The maximum absolute atomic E-state index is 13.1. The highest BCUT2D eigenvalue weighted by Crippen LogP contribution is 2.29. The molecule has 1 saturated heterocycles. The van der Waals surface area contributed by atoms with Gasteiger partial charge in [-0.25, -0.2) is 4.79 Å². The molecule has 3 amide bonds. The van der Waals surface area contributed by atoms with E-state index in [9.17, 15) is 9.59 Å². The number of anilines is 2. The van der Waals surface area contributed by atoms with Crippen LogP contribution in [0.2, 0.25) is 0 Å². The molecule has 0 spiro atoms. The molecule has 2 aliphatic heterocycles. The van der Waals surface area contributed by atoms with E-state index in [0.29, 0.717) is 43.5 Å². The summed E-state index contributed by atoms with van der Waals surface area (Å²) in [5.74, 6) is 0.441. The molecule has 2 aromatic carbocycles. The van der Waals surface area contributed by atoms with Crippen LogP contribution in [-0.2, 0) is 11.2 Å². The molecular formula is C24H29N3O3. The van der Waals surface area contributed by atoms with Gasteiger partial charge in [-0.3, -0.25) is 4.79 Å². The van der Waals surface area contributed by atoms with Gasteiger partial charge in [0.15, 0.2) is 0 Å². The van der Waals surface area contributed by atoms with Gasteiger partial charge in [0.2, 0.25) is 0 Å². The molecule has 0 bridgehead atoms. The van der Waals surface area contributed by atoms with Gasteiger partial charge in [0, 0.05) is 30.0 Å². The molecule has 6 nitrogen and oxygen atoms in total. The third-order valence-corrected chi connectivity index (χ3v) is 5.72. The van der Waals surface area contributed by atoms with E-state index in [-0.39, 0.29) is 18.0 Å². The molecule has 0 aliphatic carbocycles. The number of para-hydroxylation sites is 1. The van der Waals surface area contributed by atoms with Gasteiger partial charge in [0.1, 0.15) is 0 Å². The van der Waals surface area contributed by atoms with Crippen LogP contribution in [0.4, 0.5) is 16.2 Å². The van der Waals surface area contributed by atoms with E-state index in [2.05, 4.69) is 25.2 Å². The summed E-state index contributed by atoms with van der Waals surface area (Å²) in [4.78, 5) is 29.7. The molecule has 30 heavy (non-hydrogen) atoms. The van der Waals surface area contributed by atoms with E-state index in [4.69, 9.17) is 4.74 Å². The summed E-state index contributed by atoms with van der Waals surface area (Å²) in [6, 6.07) is 15.1. The van der Waals surface area contributed by atoms with Crippen molar-refractivity contribution in [2.45, 2.75) is 32.7 Å². The minimum Gasteiger partial charge on any atom is -0.377 e. The normalized spacial score (nSPS) is 18.4. The number of morpholine rings is 1. The number of carbonyl (C=O) groups is 2. The molecule has 2 aromatic rings. The van der Waals surface area contributed by atoms with Gasteiger partial charge >= 0.3 is 6.03 Å². The van der Waals surface area contributed by atoms with Crippen LogP contribution in [0.25, 0.3) is 0 Å². The number of amides is 3. The monoisotopic (exact) mass is 407 g/mol. The Morgan fingerprint density at radius 3 is 2.80 bits per heavy atom. The second kappa shape index (κ2) is 8.88. The minimum absolute atomic E-state index is 0.0416. The molecule has 0 radical (unpaired) electrons. The second-order valence-electron chi connectivity index (χ2n) is 8.40. The summed E-state index contributed by atoms with van der Waals surface area (Å²) in [6.45, 7) is 6.67. The summed E-state index contributed by atoms with van der Waals surface area (Å²) in [5, 5.41) is 2.98. The first-order valence-corrected chi connectivity index (χ1v) is 10.7. The van der Waals surface area contributed by atoms with E-state index in [1.165, 1.54) is 5.56 Å². The average molecular weight is 408 g/mol. The molecule has 1 N–H and O–H groups in total. The number of nitrogens with one attached hydrogen (secondary N) is 1. The highest BCUT2D eigenvalue weighted by Gasteiger charge is 2.29. The Morgan fingerprint density at radius 2 is 1.97 bits per heavy atom. The number of hydrogen-bond donors (Lipinski definition) is 1. The van der Waals surface area contributed by atoms with Crippen LogP contribution in [0, 0.1) is 5.92 Å². The summed E-state index contributed by atoms with van der Waals surface area (Å²) in [5.41, 5.74) is 3.37. The molecule has 6 heteroatoms. The van der Waals surface area contributed by atoms with E-state index >= 15 is 0 Å². The van der Waals surface area contributed by atoms with Crippen molar-refractivity contribution in [2.75, 3.05) is 36.5 Å². The molecule has 2 heterocycles. The van der Waals surface area contributed by atoms with Crippen molar-refractivity contribution >= 4 is 23.3 Å². The standard InChI is InChI=1S/C24H29N3O3/c1-17(2)14-21-16-30-13-12-26(21)24(29)25-20-8-5-7-19(15-20)23(28)27-11-10-18-6-3-4-9-22(18)27/h3-9,15,17,21H,10-14,16H2,1-2H3,(H,25,29). The summed E-state index contributed by atoms with van der Waals surface area (Å²) < 4.78 is 5.58. The van der Waals surface area contributed by atoms with Crippen molar-refractivity contribution in [2.24, 2.45) is 5.92 Å². The molecule has 2 aliphatic rings. The molecule has 1 fully saturated rings. The number of hydrogen-bond acceptors (Lipinski definition) is 3. The maximum atomic E-state index is 13.1. The molecule has 4 rings (SSSR count). The van der Waals surface area contributed by atoms with E-state index in [1.807, 2.05) is 40.1 Å². The lowest BCUT2D eigenvalue weighted by molar-refractivity contribution is 0.00857. The predicted octanol–water partition coefficient (Wildman–Crippen LogP) is 4.17. The molecule has 0 aromatic heterocycles. The first kappa shape index (κ1) is 20.4. The number of ether oxygens (including phenoxy) is 1. The first-order chi connectivity index (χ1) is 14.5. The molecule has 1 atom stereocenters. The van der Waals surface area contributed by atoms with Crippen LogP contribution in [0.15, 0.2) is 48.5 Å². The van der Waals surface area contributed by atoms with Crippen molar-refractivity contribution in [3.8, 4) is 0 Å². The fourth-order valence-corrected chi connectivity index (χ4v) is 4.29. The van der Waals surface area contributed by atoms with Crippen molar-refractivity contribution in [1.29, 1.82) is 0 Å². The number of fused-ring (bicyclic) bond motifs is 1. The number of nitrogens with zero attached hydrogens (tertiary/aromatic N) is 2. The SMILES string of the molecule is CC(C)CC1COCCN1C(=O)Nc1cccc(C(=O)N2CCc3ccccc32)c1. The fourth-order valence-electron chi connectivity index (χ4n) is 4.29. The third-order valence-electron chi connectivity index (χ3n) is 5.72. The highest BCUT2D eigenvalue weighted by atomic mass is 16.5. The topological polar surface area (TPSA) is 61.9 Å². The number of urea groups is 1. The van der Waals surface area contributed by atoms with Gasteiger partial charge < -0.3 is 19.9 Å². The fraction of sp³-hybridized carbons (Fsp3) is 0.417. The quantitative estimate of drug-likeness (QED) is 0.828. The average Bonchev–Trinajstić information content (AvgIpc) is 3.17. The summed E-state index contributed by atoms with van der Waals surface area (Å²) in [7, 11) is 0. The smallest absolute Gasteiger partial charge is 0.322 e. The Labute approximate surface area is 177 Å². The molecule has 1 unspecified atom stereocenters.